The van der Waals surface area contributed by atoms with Crippen molar-refractivity contribution < 1.29 is 0 Å². The topological polar surface area (TPSA) is 15.3 Å². The largest absolute Gasteiger partial charge is 0.315 e. The van der Waals surface area contributed by atoms with Gasteiger partial charge in [-0.3, -0.25) is 4.90 Å². The molecule has 0 aliphatic heterocycles. The van der Waals surface area contributed by atoms with E-state index in [1.165, 1.54) is 25.8 Å². The molecule has 1 N–H and O–H groups in total. The van der Waals surface area contributed by atoms with E-state index in [0.29, 0.717) is 0 Å². The fraction of sp³-hybridized carbons (Fsp3) is 1.00. The molecule has 1 unspecified atom stereocenters. The molecule has 1 aliphatic rings. The maximum atomic E-state index is 3.54. The Kier molecular flexibility index (Phi) is 6.50. The molecule has 1 aliphatic carbocycles. The minimum absolute atomic E-state index is 0.723. The summed E-state index contributed by atoms with van der Waals surface area (Å²) < 4.78 is 0. The first-order chi connectivity index (χ1) is 8.06. The highest BCUT2D eigenvalue weighted by Crippen LogP contribution is 2.31. The highest BCUT2D eigenvalue weighted by Gasteiger charge is 2.34. The van der Waals surface area contributed by atoms with E-state index in [0.717, 1.165) is 37.0 Å². The van der Waals surface area contributed by atoms with Crippen LogP contribution in [0.15, 0.2) is 0 Å². The molecule has 0 spiro atoms. The van der Waals surface area contributed by atoms with Crippen LogP contribution in [-0.4, -0.2) is 36.6 Å². The van der Waals surface area contributed by atoms with E-state index in [2.05, 4.69) is 44.8 Å². The van der Waals surface area contributed by atoms with Gasteiger partial charge in [0.25, 0.3) is 0 Å². The van der Waals surface area contributed by atoms with Crippen molar-refractivity contribution in [2.24, 2.45) is 11.8 Å². The zero-order valence-corrected chi connectivity index (χ0v) is 12.5. The van der Waals surface area contributed by atoms with Crippen molar-refractivity contribution in [2.75, 3.05) is 19.6 Å². The molecule has 0 radical (unpaired) electrons. The zero-order chi connectivity index (χ0) is 12.8. The van der Waals surface area contributed by atoms with Gasteiger partial charge in [0.2, 0.25) is 0 Å². The first kappa shape index (κ1) is 15.0. The second-order valence-electron chi connectivity index (χ2n) is 6.27. The van der Waals surface area contributed by atoms with Crippen LogP contribution in [0.3, 0.4) is 0 Å². The highest BCUT2D eigenvalue weighted by atomic mass is 15.2. The van der Waals surface area contributed by atoms with E-state index >= 15 is 0 Å². The van der Waals surface area contributed by atoms with Crippen molar-refractivity contribution in [2.45, 2.75) is 66.0 Å². The Bertz CT molecular complexity index is 197. The Morgan fingerprint density at radius 1 is 1.18 bits per heavy atom. The summed E-state index contributed by atoms with van der Waals surface area (Å²) in [5, 5.41) is 3.54. The number of nitrogens with zero attached hydrogens (tertiary/aromatic N) is 1. The minimum Gasteiger partial charge on any atom is -0.315 e. The molecule has 2 nitrogen and oxygen atoms in total. The third-order valence-electron chi connectivity index (χ3n) is 3.78. The van der Waals surface area contributed by atoms with E-state index in [4.69, 9.17) is 0 Å². The number of hydrogen-bond acceptors (Lipinski definition) is 2. The summed E-state index contributed by atoms with van der Waals surface area (Å²) in [5.74, 6) is 1.57. The van der Waals surface area contributed by atoms with Crippen LogP contribution in [-0.2, 0) is 0 Å². The van der Waals surface area contributed by atoms with Gasteiger partial charge in [0.15, 0.2) is 0 Å². The van der Waals surface area contributed by atoms with Crippen molar-refractivity contribution in [1.29, 1.82) is 0 Å². The average Bonchev–Trinajstić information content (AvgIpc) is 3.05. The molecular formula is C15H32N2. The predicted molar refractivity (Wildman–Crippen MR) is 76.4 cm³/mol. The van der Waals surface area contributed by atoms with Gasteiger partial charge >= 0.3 is 0 Å². The second-order valence-corrected chi connectivity index (χ2v) is 6.27. The third kappa shape index (κ3) is 5.39. The molecule has 0 amide bonds. The second kappa shape index (κ2) is 7.38. The third-order valence-corrected chi connectivity index (χ3v) is 3.78. The molecule has 0 heterocycles. The van der Waals surface area contributed by atoms with Crippen LogP contribution in [0.2, 0.25) is 0 Å². The van der Waals surface area contributed by atoms with Crippen molar-refractivity contribution >= 4 is 0 Å². The van der Waals surface area contributed by atoms with E-state index in [1.807, 2.05) is 0 Å². The minimum atomic E-state index is 0.723. The standard InChI is InChI=1S/C15H32N2/c1-6-16-11-15(13(4)5)17(14-7-8-14)10-9-12(2)3/h12-16H,6-11H2,1-5H3. The number of likely N-dealkylation sites (N-methyl/N-ethyl adjacent to an activating group) is 1. The zero-order valence-electron chi connectivity index (χ0n) is 12.5. The first-order valence-electron chi connectivity index (χ1n) is 7.52. The molecule has 0 bridgehead atoms. The Morgan fingerprint density at radius 3 is 2.24 bits per heavy atom. The molecule has 0 saturated heterocycles. The van der Waals surface area contributed by atoms with Crippen LogP contribution in [0.25, 0.3) is 0 Å². The monoisotopic (exact) mass is 240 g/mol. The molecule has 1 saturated carbocycles. The normalized spacial score (nSPS) is 18.4. The molecule has 1 fully saturated rings. The maximum Gasteiger partial charge on any atom is 0.0246 e. The Hall–Kier alpha value is -0.0800. The summed E-state index contributed by atoms with van der Waals surface area (Å²) in [7, 11) is 0. The highest BCUT2D eigenvalue weighted by molar-refractivity contribution is 4.90. The summed E-state index contributed by atoms with van der Waals surface area (Å²) in [6.07, 6.45) is 4.19. The van der Waals surface area contributed by atoms with Gasteiger partial charge in [-0.2, -0.15) is 0 Å². The van der Waals surface area contributed by atoms with E-state index in [-0.39, 0.29) is 0 Å². The number of nitrogens with one attached hydrogen (secondary N) is 1. The molecule has 0 aromatic heterocycles. The van der Waals surface area contributed by atoms with Crippen LogP contribution in [0.4, 0.5) is 0 Å². The van der Waals surface area contributed by atoms with Crippen LogP contribution in [0.1, 0.15) is 53.9 Å². The number of hydrogen-bond donors (Lipinski definition) is 1. The number of rotatable bonds is 9. The summed E-state index contributed by atoms with van der Waals surface area (Å²) in [4.78, 5) is 2.79. The molecule has 17 heavy (non-hydrogen) atoms. The lowest BCUT2D eigenvalue weighted by Gasteiger charge is -2.35. The lowest BCUT2D eigenvalue weighted by molar-refractivity contribution is 0.136. The van der Waals surface area contributed by atoms with Crippen molar-refractivity contribution in [3.63, 3.8) is 0 Å². The first-order valence-corrected chi connectivity index (χ1v) is 7.52. The van der Waals surface area contributed by atoms with Gasteiger partial charge in [0.05, 0.1) is 0 Å². The molecule has 102 valence electrons. The van der Waals surface area contributed by atoms with Gasteiger partial charge in [0.1, 0.15) is 0 Å². The lowest BCUT2D eigenvalue weighted by Crippen LogP contribution is -2.47. The van der Waals surface area contributed by atoms with Crippen molar-refractivity contribution in [3.05, 3.63) is 0 Å². The molecule has 1 rings (SSSR count). The Morgan fingerprint density at radius 2 is 1.82 bits per heavy atom. The fourth-order valence-electron chi connectivity index (χ4n) is 2.46. The quantitative estimate of drug-likeness (QED) is 0.666. The van der Waals surface area contributed by atoms with Gasteiger partial charge in [-0.05, 0) is 44.2 Å². The van der Waals surface area contributed by atoms with Gasteiger partial charge in [0, 0.05) is 18.6 Å². The SMILES string of the molecule is CCNCC(C(C)C)N(CCC(C)C)C1CC1. The van der Waals surface area contributed by atoms with E-state index in [1.54, 1.807) is 0 Å². The average molecular weight is 240 g/mol. The van der Waals surface area contributed by atoms with Crippen LogP contribution < -0.4 is 5.32 Å². The maximum absolute atomic E-state index is 3.54. The Balaban J connectivity index is 2.51. The summed E-state index contributed by atoms with van der Waals surface area (Å²) >= 11 is 0. The van der Waals surface area contributed by atoms with Crippen molar-refractivity contribution in [1.82, 2.24) is 10.2 Å². The summed E-state index contributed by atoms with van der Waals surface area (Å²) in [6, 6.07) is 1.61. The van der Waals surface area contributed by atoms with Gasteiger partial charge < -0.3 is 5.32 Å². The van der Waals surface area contributed by atoms with Crippen LogP contribution in [0, 0.1) is 11.8 Å². The molecule has 0 aromatic carbocycles. The Labute approximate surface area is 108 Å². The van der Waals surface area contributed by atoms with Crippen LogP contribution >= 0.6 is 0 Å². The molecule has 1 atom stereocenters. The summed E-state index contributed by atoms with van der Waals surface area (Å²) in [6.45, 7) is 15.1. The predicted octanol–water partition coefficient (Wildman–Crippen LogP) is 3.13. The summed E-state index contributed by atoms with van der Waals surface area (Å²) in [5.41, 5.74) is 0. The van der Waals surface area contributed by atoms with E-state index < -0.39 is 0 Å². The molecular weight excluding hydrogens is 208 g/mol. The smallest absolute Gasteiger partial charge is 0.0246 e. The fourth-order valence-corrected chi connectivity index (χ4v) is 2.46. The van der Waals surface area contributed by atoms with E-state index in [9.17, 15) is 0 Å². The lowest BCUT2D eigenvalue weighted by atomic mass is 10.0. The van der Waals surface area contributed by atoms with Gasteiger partial charge in [-0.15, -0.1) is 0 Å². The van der Waals surface area contributed by atoms with Crippen molar-refractivity contribution in [3.8, 4) is 0 Å². The molecule has 0 aromatic rings. The van der Waals surface area contributed by atoms with Crippen LogP contribution in [0.5, 0.6) is 0 Å². The molecule has 2 heteroatoms. The van der Waals surface area contributed by atoms with Gasteiger partial charge in [-0.25, -0.2) is 0 Å². The van der Waals surface area contributed by atoms with Gasteiger partial charge in [-0.1, -0.05) is 34.6 Å².